The molecule has 0 aliphatic carbocycles. The van der Waals surface area contributed by atoms with Crippen molar-refractivity contribution in [1.82, 2.24) is 20.1 Å². The number of hydrogen-bond donors (Lipinski definition) is 1. The van der Waals surface area contributed by atoms with E-state index in [0.717, 1.165) is 16.3 Å². The van der Waals surface area contributed by atoms with Crippen LogP contribution in [0.5, 0.6) is 17.2 Å². The average Bonchev–Trinajstić information content (AvgIpc) is 3.56. The summed E-state index contributed by atoms with van der Waals surface area (Å²) in [5.74, 6) is 2.86. The van der Waals surface area contributed by atoms with Crippen molar-refractivity contribution in [3.63, 3.8) is 0 Å². The summed E-state index contributed by atoms with van der Waals surface area (Å²) in [5.41, 5.74) is 0.813. The van der Waals surface area contributed by atoms with E-state index in [4.69, 9.17) is 14.2 Å². The van der Waals surface area contributed by atoms with Gasteiger partial charge in [0.1, 0.15) is 18.5 Å². The Labute approximate surface area is 204 Å². The summed E-state index contributed by atoms with van der Waals surface area (Å²) in [6.07, 6.45) is -0.244. The van der Waals surface area contributed by atoms with Gasteiger partial charge in [0.15, 0.2) is 22.5 Å². The van der Waals surface area contributed by atoms with E-state index in [-0.39, 0.29) is 17.8 Å². The van der Waals surface area contributed by atoms with Crippen molar-refractivity contribution in [3.8, 4) is 33.6 Å². The van der Waals surface area contributed by atoms with Crippen LogP contribution >= 0.6 is 23.1 Å². The van der Waals surface area contributed by atoms with E-state index >= 15 is 0 Å². The lowest BCUT2D eigenvalue weighted by Crippen LogP contribution is -2.41. The molecule has 174 valence electrons. The summed E-state index contributed by atoms with van der Waals surface area (Å²) in [5, 5.41) is 14.3. The molecule has 4 aromatic rings. The number of aromatic nitrogens is 3. The molecule has 0 saturated heterocycles. The highest BCUT2D eigenvalue weighted by Crippen LogP contribution is 2.34. The van der Waals surface area contributed by atoms with E-state index in [0.29, 0.717) is 35.6 Å². The molecule has 0 saturated carbocycles. The van der Waals surface area contributed by atoms with Gasteiger partial charge >= 0.3 is 0 Å². The summed E-state index contributed by atoms with van der Waals surface area (Å²) in [6.45, 7) is 0.740. The molecule has 0 radical (unpaired) electrons. The first kappa shape index (κ1) is 22.3. The Morgan fingerprint density at radius 1 is 1.15 bits per heavy atom. The molecule has 1 aliphatic heterocycles. The number of nitrogens with zero attached hydrogens (tertiary/aromatic N) is 3. The molecule has 1 atom stereocenters. The lowest BCUT2D eigenvalue weighted by atomic mass is 10.2. The van der Waals surface area contributed by atoms with Crippen LogP contribution < -0.4 is 19.5 Å². The Morgan fingerprint density at radius 2 is 1.97 bits per heavy atom. The molecular weight excluding hydrogens is 472 g/mol. The quantitative estimate of drug-likeness (QED) is 0.370. The first-order chi connectivity index (χ1) is 16.7. The Bertz CT molecular complexity index is 1280. The molecule has 1 amide bonds. The topological polar surface area (TPSA) is 87.5 Å². The van der Waals surface area contributed by atoms with Gasteiger partial charge in [-0.1, -0.05) is 42.1 Å². The molecule has 2 aromatic carbocycles. The molecule has 0 bridgehead atoms. The minimum atomic E-state index is -0.244. The number of methoxy groups -OCH3 is 1. The molecule has 8 nitrogen and oxygen atoms in total. The lowest BCUT2D eigenvalue weighted by molar-refractivity contribution is -0.119. The lowest BCUT2D eigenvalue weighted by Gasteiger charge is -2.26. The van der Waals surface area contributed by atoms with Crippen molar-refractivity contribution in [3.05, 3.63) is 66.0 Å². The van der Waals surface area contributed by atoms with Crippen LogP contribution in [0, 0.1) is 0 Å². The van der Waals surface area contributed by atoms with Crippen LogP contribution in [0.1, 0.15) is 0 Å². The number of amides is 1. The molecule has 2 aromatic heterocycles. The van der Waals surface area contributed by atoms with Crippen LogP contribution in [0.2, 0.25) is 0 Å². The summed E-state index contributed by atoms with van der Waals surface area (Å²) >= 11 is 2.89. The normalized spacial score (nSPS) is 14.6. The first-order valence-electron chi connectivity index (χ1n) is 10.6. The second-order valence-corrected chi connectivity index (χ2v) is 9.27. The van der Waals surface area contributed by atoms with Gasteiger partial charge in [0.05, 0.1) is 30.0 Å². The first-order valence-corrected chi connectivity index (χ1v) is 12.5. The maximum Gasteiger partial charge on any atom is 0.230 e. The zero-order chi connectivity index (χ0) is 23.3. The Morgan fingerprint density at radius 3 is 2.79 bits per heavy atom. The Balaban J connectivity index is 1.27. The zero-order valence-electron chi connectivity index (χ0n) is 18.3. The van der Waals surface area contributed by atoms with Crippen LogP contribution in [-0.4, -0.2) is 52.8 Å². The highest BCUT2D eigenvalue weighted by atomic mass is 32.2. The number of ether oxygens (including phenoxy) is 3. The van der Waals surface area contributed by atoms with Gasteiger partial charge in [0, 0.05) is 0 Å². The maximum absolute atomic E-state index is 12.6. The van der Waals surface area contributed by atoms with E-state index in [2.05, 4.69) is 15.5 Å². The van der Waals surface area contributed by atoms with Gasteiger partial charge in [-0.25, -0.2) is 0 Å². The van der Waals surface area contributed by atoms with Crippen molar-refractivity contribution in [2.24, 2.45) is 0 Å². The summed E-state index contributed by atoms with van der Waals surface area (Å²) < 4.78 is 19.1. The van der Waals surface area contributed by atoms with Crippen molar-refractivity contribution >= 4 is 29.0 Å². The Hall–Kier alpha value is -3.50. The van der Waals surface area contributed by atoms with Crippen LogP contribution in [-0.2, 0) is 4.79 Å². The van der Waals surface area contributed by atoms with E-state index < -0.39 is 0 Å². The number of carbonyl (C=O) groups is 1. The smallest absolute Gasteiger partial charge is 0.230 e. The fourth-order valence-electron chi connectivity index (χ4n) is 3.53. The number of fused-ring (bicyclic) bond motifs is 1. The van der Waals surface area contributed by atoms with Gasteiger partial charge in [-0.05, 0) is 35.7 Å². The molecule has 10 heteroatoms. The predicted octanol–water partition coefficient (Wildman–Crippen LogP) is 4.05. The molecule has 34 heavy (non-hydrogen) atoms. The number of thioether (sulfide) groups is 1. The number of benzene rings is 2. The van der Waals surface area contributed by atoms with Gasteiger partial charge in [-0.2, -0.15) is 0 Å². The molecule has 1 aliphatic rings. The van der Waals surface area contributed by atoms with Crippen molar-refractivity contribution < 1.29 is 19.0 Å². The summed E-state index contributed by atoms with van der Waals surface area (Å²) in [4.78, 5) is 13.6. The van der Waals surface area contributed by atoms with Crippen LogP contribution in [0.4, 0.5) is 0 Å². The number of hydrogen-bond acceptors (Lipinski definition) is 8. The van der Waals surface area contributed by atoms with Gasteiger partial charge in [0.25, 0.3) is 0 Å². The second-order valence-electron chi connectivity index (χ2n) is 7.38. The standard InChI is InChI=1S/C24H22N4O4S2/c1-30-18-8-3-2-7-17(18)28-23(21-11-6-12-33-21)26-27-24(28)34-15-22(29)25-13-16-14-31-19-9-4-5-10-20(19)32-16/h2-12,16H,13-15H2,1H3,(H,25,29)/t16-/m0/s1. The number of carbonyl (C=O) groups excluding carboxylic acids is 1. The van der Waals surface area contributed by atoms with Gasteiger partial charge < -0.3 is 19.5 Å². The van der Waals surface area contributed by atoms with Crippen LogP contribution in [0.15, 0.2) is 71.2 Å². The Kier molecular flexibility index (Phi) is 6.68. The fourth-order valence-corrected chi connectivity index (χ4v) is 5.01. The van der Waals surface area contributed by atoms with E-state index in [1.54, 1.807) is 18.4 Å². The van der Waals surface area contributed by atoms with E-state index in [9.17, 15) is 4.79 Å². The summed E-state index contributed by atoms with van der Waals surface area (Å²) in [6, 6.07) is 19.1. The van der Waals surface area contributed by atoms with Crippen molar-refractivity contribution in [2.45, 2.75) is 11.3 Å². The largest absolute Gasteiger partial charge is 0.495 e. The molecule has 3 heterocycles. The fraction of sp³-hybridized carbons (Fsp3) is 0.208. The van der Waals surface area contributed by atoms with Crippen LogP contribution in [0.3, 0.4) is 0 Å². The third kappa shape index (κ3) is 4.73. The van der Waals surface area contributed by atoms with E-state index in [1.165, 1.54) is 11.8 Å². The monoisotopic (exact) mass is 494 g/mol. The van der Waals surface area contributed by atoms with E-state index in [1.807, 2.05) is 70.6 Å². The van der Waals surface area contributed by atoms with Gasteiger partial charge in [-0.3, -0.25) is 9.36 Å². The van der Waals surface area contributed by atoms with Crippen molar-refractivity contribution in [2.75, 3.05) is 26.0 Å². The molecule has 0 spiro atoms. The third-order valence-electron chi connectivity index (χ3n) is 5.13. The molecule has 0 unspecified atom stereocenters. The SMILES string of the molecule is COc1ccccc1-n1c(SCC(=O)NC[C@H]2COc3ccccc3O2)nnc1-c1cccs1. The molecular formula is C24H22N4O4S2. The van der Waals surface area contributed by atoms with Crippen molar-refractivity contribution in [1.29, 1.82) is 0 Å². The number of rotatable bonds is 8. The highest BCUT2D eigenvalue weighted by Gasteiger charge is 2.23. The number of thiophene rings is 1. The zero-order valence-corrected chi connectivity index (χ0v) is 20.0. The van der Waals surface area contributed by atoms with Crippen LogP contribution in [0.25, 0.3) is 16.4 Å². The predicted molar refractivity (Wildman–Crippen MR) is 131 cm³/mol. The summed E-state index contributed by atoms with van der Waals surface area (Å²) in [7, 11) is 1.63. The third-order valence-corrected chi connectivity index (χ3v) is 6.92. The number of nitrogens with one attached hydrogen (secondary N) is 1. The van der Waals surface area contributed by atoms with Gasteiger partial charge in [-0.15, -0.1) is 21.5 Å². The second kappa shape index (κ2) is 10.2. The minimum Gasteiger partial charge on any atom is -0.495 e. The van der Waals surface area contributed by atoms with Gasteiger partial charge in [0.2, 0.25) is 5.91 Å². The highest BCUT2D eigenvalue weighted by molar-refractivity contribution is 7.99. The number of para-hydroxylation sites is 4. The average molecular weight is 495 g/mol. The molecule has 5 rings (SSSR count). The maximum atomic E-state index is 12.6. The molecule has 1 N–H and O–H groups in total. The minimum absolute atomic E-state index is 0.125. The molecule has 0 fully saturated rings.